The molecule has 3 aromatic rings. The summed E-state index contributed by atoms with van der Waals surface area (Å²) in [6.07, 6.45) is 0. The maximum Gasteiger partial charge on any atom is 0.321 e. The quantitative estimate of drug-likeness (QED) is 0.528. The Morgan fingerprint density at radius 2 is 2.04 bits per heavy atom. The average molecular weight is 404 g/mol. The summed E-state index contributed by atoms with van der Waals surface area (Å²) in [6, 6.07) is 11.7. The summed E-state index contributed by atoms with van der Waals surface area (Å²) in [6.45, 7) is 1.86. The zero-order valence-corrected chi connectivity index (χ0v) is 15.8. The van der Waals surface area contributed by atoms with Gasteiger partial charge >= 0.3 is 5.97 Å². The Morgan fingerprint density at radius 3 is 2.78 bits per heavy atom. The molecule has 0 unspecified atom stereocenters. The molecule has 1 aliphatic heterocycles. The minimum atomic E-state index is -1.10. The third kappa shape index (κ3) is 2.95. The fourth-order valence-corrected chi connectivity index (χ4v) is 3.94. The van der Waals surface area contributed by atoms with E-state index in [0.29, 0.717) is 27.1 Å². The fourth-order valence-electron chi connectivity index (χ4n) is 3.42. The number of para-hydroxylation sites is 2. The zero-order valence-electron chi connectivity index (χ0n) is 14.3. The monoisotopic (exact) mass is 403 g/mol. The highest BCUT2D eigenvalue weighted by molar-refractivity contribution is 6.35. The van der Waals surface area contributed by atoms with Crippen LogP contribution in [-0.4, -0.2) is 28.0 Å². The normalized spacial score (nSPS) is 18.9. The van der Waals surface area contributed by atoms with E-state index in [9.17, 15) is 9.59 Å². The number of imidazole rings is 1. The Bertz CT molecular complexity index is 1060. The molecule has 2 aromatic carbocycles. The first-order chi connectivity index (χ1) is 13.0. The van der Waals surface area contributed by atoms with E-state index in [-0.39, 0.29) is 6.61 Å². The van der Waals surface area contributed by atoms with Gasteiger partial charge in [-0.15, -0.1) is 0 Å². The van der Waals surface area contributed by atoms with Gasteiger partial charge in [0.15, 0.2) is 5.92 Å². The number of amides is 1. The molecule has 0 saturated carbocycles. The number of hydrogen-bond acceptors (Lipinski definition) is 4. The molecule has 0 saturated heterocycles. The third-order valence-corrected chi connectivity index (χ3v) is 5.09. The van der Waals surface area contributed by atoms with Crippen molar-refractivity contribution in [1.82, 2.24) is 9.55 Å². The number of aromatic nitrogens is 2. The van der Waals surface area contributed by atoms with E-state index in [1.807, 2.05) is 28.8 Å². The Kier molecular flexibility index (Phi) is 4.53. The predicted molar refractivity (Wildman–Crippen MR) is 103 cm³/mol. The van der Waals surface area contributed by atoms with Gasteiger partial charge in [0.25, 0.3) is 0 Å². The molecule has 1 aliphatic rings. The van der Waals surface area contributed by atoms with E-state index in [1.165, 1.54) is 0 Å². The number of benzene rings is 2. The van der Waals surface area contributed by atoms with Crippen molar-refractivity contribution in [2.75, 3.05) is 11.9 Å². The Balaban J connectivity index is 1.99. The van der Waals surface area contributed by atoms with Crippen molar-refractivity contribution in [3.8, 4) is 0 Å². The van der Waals surface area contributed by atoms with Gasteiger partial charge in [-0.2, -0.15) is 0 Å². The number of ether oxygens (including phenoxy) is 1. The molecule has 4 rings (SSSR count). The van der Waals surface area contributed by atoms with E-state index in [4.69, 9.17) is 27.9 Å². The molecule has 0 radical (unpaired) electrons. The van der Waals surface area contributed by atoms with E-state index >= 15 is 0 Å². The maximum absolute atomic E-state index is 12.8. The number of halogens is 2. The average Bonchev–Trinajstić information content (AvgIpc) is 2.99. The number of esters is 1. The van der Waals surface area contributed by atoms with Crippen LogP contribution in [0.5, 0.6) is 0 Å². The van der Waals surface area contributed by atoms with E-state index in [0.717, 1.165) is 5.52 Å². The van der Waals surface area contributed by atoms with Crippen molar-refractivity contribution in [1.29, 1.82) is 0 Å². The minimum absolute atomic E-state index is 0.168. The van der Waals surface area contributed by atoms with Crippen LogP contribution in [0.1, 0.15) is 18.5 Å². The van der Waals surface area contributed by atoms with Gasteiger partial charge in [0.1, 0.15) is 0 Å². The molecular formula is C19H15Cl2N3O3. The number of carbonyl (C=O) groups excluding carboxylic acids is 2. The van der Waals surface area contributed by atoms with Crippen LogP contribution in [0.15, 0.2) is 42.5 Å². The van der Waals surface area contributed by atoms with Crippen molar-refractivity contribution in [3.63, 3.8) is 0 Å². The lowest BCUT2D eigenvalue weighted by Crippen LogP contribution is -2.43. The number of carbonyl (C=O) groups is 2. The summed E-state index contributed by atoms with van der Waals surface area (Å²) >= 11 is 12.5. The van der Waals surface area contributed by atoms with Crippen molar-refractivity contribution in [3.05, 3.63) is 58.1 Å². The highest BCUT2D eigenvalue weighted by Gasteiger charge is 2.44. The molecule has 0 fully saturated rings. The van der Waals surface area contributed by atoms with Crippen LogP contribution in [0.3, 0.4) is 0 Å². The second-order valence-electron chi connectivity index (χ2n) is 6.12. The van der Waals surface area contributed by atoms with Gasteiger partial charge in [0.05, 0.1) is 23.7 Å². The van der Waals surface area contributed by atoms with E-state index in [2.05, 4.69) is 10.3 Å². The molecule has 138 valence electrons. The van der Waals surface area contributed by atoms with E-state index in [1.54, 1.807) is 25.1 Å². The minimum Gasteiger partial charge on any atom is -0.465 e. The number of nitrogens with one attached hydrogen (secondary N) is 1. The topological polar surface area (TPSA) is 73.2 Å². The molecule has 0 spiro atoms. The van der Waals surface area contributed by atoms with Crippen LogP contribution in [0.25, 0.3) is 11.0 Å². The first-order valence-electron chi connectivity index (χ1n) is 8.40. The molecule has 1 amide bonds. The molecule has 8 heteroatoms. The number of anilines is 1. The summed E-state index contributed by atoms with van der Waals surface area (Å²) in [4.78, 5) is 29.9. The molecule has 6 nitrogen and oxygen atoms in total. The standard InChI is InChI=1S/C19H15Cl2N3O3/c1-2-27-18(26)15-16(11-8-7-10(20)9-12(11)21)24-14-6-4-3-5-13(14)22-19(24)23-17(15)25/h3-9,15-16H,2H2,1H3,(H,22,23,25)/t15-,16+/m1/s1. The highest BCUT2D eigenvalue weighted by Crippen LogP contribution is 2.41. The molecule has 2 atom stereocenters. The van der Waals surface area contributed by atoms with Crippen molar-refractivity contribution in [2.24, 2.45) is 5.92 Å². The lowest BCUT2D eigenvalue weighted by atomic mass is 9.90. The second-order valence-corrected chi connectivity index (χ2v) is 6.97. The second kappa shape index (κ2) is 6.87. The first-order valence-corrected chi connectivity index (χ1v) is 9.16. The molecule has 27 heavy (non-hydrogen) atoms. The molecule has 1 N–H and O–H groups in total. The lowest BCUT2D eigenvalue weighted by molar-refractivity contribution is -0.152. The van der Waals surface area contributed by atoms with Gasteiger partial charge in [-0.1, -0.05) is 41.4 Å². The number of hydrogen-bond donors (Lipinski definition) is 1. The summed E-state index contributed by atoms with van der Waals surface area (Å²) < 4.78 is 6.98. The molecule has 2 heterocycles. The van der Waals surface area contributed by atoms with E-state index < -0.39 is 23.8 Å². The Labute approximate surface area is 165 Å². The molecule has 0 aliphatic carbocycles. The number of nitrogens with zero attached hydrogens (tertiary/aromatic N) is 2. The number of rotatable bonds is 3. The molecule has 1 aromatic heterocycles. The SMILES string of the molecule is CCOC(=O)[C@H]1C(=O)Nc2nc3ccccc3n2[C@H]1c1ccc(Cl)cc1Cl. The predicted octanol–water partition coefficient (Wildman–Crippen LogP) is 4.06. The van der Waals surface area contributed by atoms with Gasteiger partial charge in [-0.3, -0.25) is 14.9 Å². The van der Waals surface area contributed by atoms with Gasteiger partial charge in [0.2, 0.25) is 11.9 Å². The molecular weight excluding hydrogens is 389 g/mol. The smallest absolute Gasteiger partial charge is 0.321 e. The van der Waals surface area contributed by atoms with Crippen molar-refractivity contribution in [2.45, 2.75) is 13.0 Å². The van der Waals surface area contributed by atoms with Crippen molar-refractivity contribution >= 4 is 52.1 Å². The Hall–Kier alpha value is -2.57. The maximum atomic E-state index is 12.8. The van der Waals surface area contributed by atoms with Gasteiger partial charge < -0.3 is 9.30 Å². The summed E-state index contributed by atoms with van der Waals surface area (Å²) in [7, 11) is 0. The Morgan fingerprint density at radius 1 is 1.26 bits per heavy atom. The van der Waals surface area contributed by atoms with Crippen LogP contribution in [0.2, 0.25) is 10.0 Å². The summed E-state index contributed by atoms with van der Waals surface area (Å²) in [5.74, 6) is -1.84. The number of fused-ring (bicyclic) bond motifs is 3. The van der Waals surface area contributed by atoms with Gasteiger partial charge in [-0.25, -0.2) is 4.98 Å². The van der Waals surface area contributed by atoms with Crippen LogP contribution in [0.4, 0.5) is 5.95 Å². The molecule has 0 bridgehead atoms. The fraction of sp³-hybridized carbons (Fsp3) is 0.211. The summed E-state index contributed by atoms with van der Waals surface area (Å²) in [5.41, 5.74) is 2.07. The van der Waals surface area contributed by atoms with Gasteiger partial charge in [-0.05, 0) is 36.8 Å². The highest BCUT2D eigenvalue weighted by atomic mass is 35.5. The third-order valence-electron chi connectivity index (χ3n) is 4.53. The largest absolute Gasteiger partial charge is 0.465 e. The van der Waals surface area contributed by atoms with Crippen molar-refractivity contribution < 1.29 is 14.3 Å². The zero-order chi connectivity index (χ0) is 19.1. The van der Waals surface area contributed by atoms with Gasteiger partial charge in [0, 0.05) is 10.0 Å². The summed E-state index contributed by atoms with van der Waals surface area (Å²) in [5, 5.41) is 3.54. The van der Waals surface area contributed by atoms with Crippen LogP contribution < -0.4 is 5.32 Å². The lowest BCUT2D eigenvalue weighted by Gasteiger charge is -2.32. The first kappa shape index (κ1) is 17.8. The van der Waals surface area contributed by atoms with Crippen LogP contribution in [0, 0.1) is 5.92 Å². The van der Waals surface area contributed by atoms with Crippen LogP contribution >= 0.6 is 23.2 Å². The van der Waals surface area contributed by atoms with Crippen LogP contribution in [-0.2, 0) is 14.3 Å².